The first-order chi connectivity index (χ1) is 10.2. The summed E-state index contributed by atoms with van der Waals surface area (Å²) in [5, 5.41) is 0. The van der Waals surface area contributed by atoms with Gasteiger partial charge in [0, 0.05) is 6.42 Å². The molecule has 0 bridgehead atoms. The third-order valence-corrected chi connectivity index (χ3v) is 4.69. The fourth-order valence-corrected chi connectivity index (χ4v) is 3.55. The summed E-state index contributed by atoms with van der Waals surface area (Å²) >= 11 is 0. The van der Waals surface area contributed by atoms with Gasteiger partial charge >= 0.3 is 0 Å². The van der Waals surface area contributed by atoms with Crippen molar-refractivity contribution in [2.24, 2.45) is 0 Å². The molecule has 0 spiro atoms. The molecule has 0 atom stereocenters. The molecule has 1 aromatic rings. The van der Waals surface area contributed by atoms with Gasteiger partial charge in [0.15, 0.2) is 5.78 Å². The van der Waals surface area contributed by atoms with Gasteiger partial charge in [0.25, 0.3) is 5.82 Å². The van der Waals surface area contributed by atoms with Gasteiger partial charge in [-0.05, 0) is 43.7 Å². The Morgan fingerprint density at radius 1 is 1.19 bits per heavy atom. The number of nitrogens with one attached hydrogen (secondary N) is 1. The number of morpholine rings is 1. The van der Waals surface area contributed by atoms with Crippen molar-refractivity contribution in [3.8, 4) is 0 Å². The minimum Gasteiger partial charge on any atom is -0.373 e. The zero-order valence-corrected chi connectivity index (χ0v) is 13.1. The molecule has 0 unspecified atom stereocenters. The number of H-pyrrole nitrogens is 1. The summed E-state index contributed by atoms with van der Waals surface area (Å²) in [5.41, 5.74) is 4.89. The highest BCUT2D eigenvalue weighted by Gasteiger charge is 2.31. The van der Waals surface area contributed by atoms with Gasteiger partial charge in [-0.25, -0.2) is 4.98 Å². The number of Topliss-reactive ketones (excluding diaryl/α,β-unsaturated/α-hetero) is 1. The second-order valence-corrected chi connectivity index (χ2v) is 6.01. The normalized spacial score (nSPS) is 18.5. The largest absolute Gasteiger partial charge is 0.373 e. The summed E-state index contributed by atoms with van der Waals surface area (Å²) in [5.74, 6) is 1.30. The third-order valence-electron chi connectivity index (χ3n) is 4.69. The number of hydrogen-bond donors (Lipinski definition) is 0. The second-order valence-electron chi connectivity index (χ2n) is 6.01. The Labute approximate surface area is 126 Å². The molecule has 4 nitrogen and oxygen atoms in total. The van der Waals surface area contributed by atoms with Gasteiger partial charge in [0.2, 0.25) is 0 Å². The number of ether oxygens (including phenoxy) is 1. The Balaban J connectivity index is 2.13. The van der Waals surface area contributed by atoms with Crippen LogP contribution >= 0.6 is 0 Å². The molecule has 1 fully saturated rings. The maximum absolute atomic E-state index is 12.6. The standard InChI is InChI=1S/C17H24N2O2/c1-3-15(20)16-14-7-5-4-6-13(14)12(2)18-17(16)19-8-10-21-11-9-19/h3-11H2,1-2H3/p+1. The minimum absolute atomic E-state index is 0.269. The van der Waals surface area contributed by atoms with Crippen LogP contribution in [0.3, 0.4) is 0 Å². The summed E-state index contributed by atoms with van der Waals surface area (Å²) in [6, 6.07) is 0. The van der Waals surface area contributed by atoms with Crippen LogP contribution in [-0.4, -0.2) is 32.1 Å². The van der Waals surface area contributed by atoms with Crippen LogP contribution in [0.5, 0.6) is 0 Å². The fraction of sp³-hybridized carbons (Fsp3) is 0.647. The van der Waals surface area contributed by atoms with E-state index in [9.17, 15) is 4.79 Å². The molecule has 0 saturated carbocycles. The van der Waals surface area contributed by atoms with Crippen molar-refractivity contribution in [3.05, 3.63) is 22.4 Å². The zero-order chi connectivity index (χ0) is 14.8. The van der Waals surface area contributed by atoms with Crippen molar-refractivity contribution < 1.29 is 14.5 Å². The third kappa shape index (κ3) is 2.69. The Hall–Kier alpha value is -1.42. The van der Waals surface area contributed by atoms with E-state index in [1.165, 1.54) is 29.7 Å². The van der Waals surface area contributed by atoms with Gasteiger partial charge in [-0.2, -0.15) is 0 Å². The molecule has 114 valence electrons. The fourth-order valence-electron chi connectivity index (χ4n) is 3.55. The SMILES string of the molecule is CCC(=O)c1c(N2CCOCC2)[nH+]c(C)c2c1CCCC2. The molecule has 0 radical (unpaired) electrons. The van der Waals surface area contributed by atoms with Gasteiger partial charge in [0.05, 0.1) is 13.2 Å². The Morgan fingerprint density at radius 2 is 1.86 bits per heavy atom. The first-order valence-electron chi connectivity index (χ1n) is 8.16. The van der Waals surface area contributed by atoms with Crippen LogP contribution < -0.4 is 9.88 Å². The molecule has 2 heterocycles. The Kier molecular flexibility index (Phi) is 4.24. The number of aromatic amines is 1. The van der Waals surface area contributed by atoms with Crippen molar-refractivity contribution in [2.75, 3.05) is 31.2 Å². The number of carbonyl (C=O) groups excluding carboxylic acids is 1. The lowest BCUT2D eigenvalue weighted by Gasteiger charge is -2.26. The molecule has 1 aliphatic heterocycles. The van der Waals surface area contributed by atoms with Crippen LogP contribution in [0.4, 0.5) is 5.82 Å². The molecule has 1 N–H and O–H groups in total. The highest BCUT2D eigenvalue weighted by molar-refractivity contribution is 6.01. The van der Waals surface area contributed by atoms with Crippen LogP contribution in [0.1, 0.15) is 53.4 Å². The van der Waals surface area contributed by atoms with Gasteiger partial charge in [0.1, 0.15) is 24.3 Å². The van der Waals surface area contributed by atoms with E-state index in [1.807, 2.05) is 6.92 Å². The molecule has 1 saturated heterocycles. The van der Waals surface area contributed by atoms with Crippen LogP contribution in [0.15, 0.2) is 0 Å². The number of nitrogens with zero attached hydrogens (tertiary/aromatic N) is 1. The number of pyridine rings is 1. The number of aromatic nitrogens is 1. The van der Waals surface area contributed by atoms with E-state index < -0.39 is 0 Å². The lowest BCUT2D eigenvalue weighted by atomic mass is 9.86. The average molecular weight is 289 g/mol. The van der Waals surface area contributed by atoms with Crippen LogP contribution in [0.25, 0.3) is 0 Å². The highest BCUT2D eigenvalue weighted by atomic mass is 16.5. The topological polar surface area (TPSA) is 43.7 Å². The molecule has 21 heavy (non-hydrogen) atoms. The molecule has 1 aromatic heterocycles. The number of anilines is 1. The highest BCUT2D eigenvalue weighted by Crippen LogP contribution is 2.31. The quantitative estimate of drug-likeness (QED) is 0.801. The average Bonchev–Trinajstić information content (AvgIpc) is 2.55. The lowest BCUT2D eigenvalue weighted by Crippen LogP contribution is -2.42. The van der Waals surface area contributed by atoms with E-state index in [0.29, 0.717) is 6.42 Å². The van der Waals surface area contributed by atoms with E-state index in [-0.39, 0.29) is 5.78 Å². The smallest absolute Gasteiger partial charge is 0.286 e. The summed E-state index contributed by atoms with van der Waals surface area (Å²) < 4.78 is 5.45. The summed E-state index contributed by atoms with van der Waals surface area (Å²) in [6.07, 6.45) is 5.15. The molecule has 1 aliphatic carbocycles. The van der Waals surface area contributed by atoms with Crippen LogP contribution in [-0.2, 0) is 17.6 Å². The van der Waals surface area contributed by atoms with Gasteiger partial charge in [-0.15, -0.1) is 0 Å². The van der Waals surface area contributed by atoms with Crippen LogP contribution in [0, 0.1) is 6.92 Å². The molecule has 4 heteroatoms. The van der Waals surface area contributed by atoms with Gasteiger partial charge in [-0.3, -0.25) is 9.69 Å². The van der Waals surface area contributed by atoms with Crippen molar-refractivity contribution in [2.45, 2.75) is 46.0 Å². The maximum Gasteiger partial charge on any atom is 0.286 e. The number of ketones is 1. The van der Waals surface area contributed by atoms with Crippen molar-refractivity contribution in [3.63, 3.8) is 0 Å². The first kappa shape index (κ1) is 14.5. The molecule has 3 rings (SSSR count). The summed E-state index contributed by atoms with van der Waals surface area (Å²) in [7, 11) is 0. The molecule has 0 amide bonds. The van der Waals surface area contributed by atoms with Crippen molar-refractivity contribution in [1.82, 2.24) is 0 Å². The molecule has 0 aromatic carbocycles. The van der Waals surface area contributed by atoms with E-state index >= 15 is 0 Å². The maximum atomic E-state index is 12.6. The Bertz CT molecular complexity index is 548. The number of fused-ring (bicyclic) bond motifs is 1. The molecular formula is C17H25N2O2+. The van der Waals surface area contributed by atoms with E-state index in [0.717, 1.165) is 50.5 Å². The van der Waals surface area contributed by atoms with Gasteiger partial charge < -0.3 is 4.74 Å². The van der Waals surface area contributed by atoms with Gasteiger partial charge in [-0.1, -0.05) is 6.92 Å². The predicted molar refractivity (Wildman–Crippen MR) is 82.0 cm³/mol. The monoisotopic (exact) mass is 289 g/mol. The first-order valence-corrected chi connectivity index (χ1v) is 8.16. The number of rotatable bonds is 3. The minimum atomic E-state index is 0.269. The summed E-state index contributed by atoms with van der Waals surface area (Å²) in [4.78, 5) is 18.4. The summed E-state index contributed by atoms with van der Waals surface area (Å²) in [6.45, 7) is 7.31. The van der Waals surface area contributed by atoms with Crippen molar-refractivity contribution >= 4 is 11.6 Å². The second kappa shape index (κ2) is 6.14. The van der Waals surface area contributed by atoms with Crippen LogP contribution in [0.2, 0.25) is 0 Å². The molecular weight excluding hydrogens is 264 g/mol. The predicted octanol–water partition coefficient (Wildman–Crippen LogP) is 2.12. The lowest BCUT2D eigenvalue weighted by molar-refractivity contribution is -0.375. The van der Waals surface area contributed by atoms with E-state index in [4.69, 9.17) is 4.74 Å². The molecule has 2 aliphatic rings. The zero-order valence-electron chi connectivity index (χ0n) is 13.1. The van der Waals surface area contributed by atoms with E-state index in [1.54, 1.807) is 0 Å². The Morgan fingerprint density at radius 3 is 2.52 bits per heavy atom. The number of aryl methyl sites for hydroxylation is 1. The number of hydrogen-bond acceptors (Lipinski definition) is 3. The number of carbonyl (C=O) groups is 1. The van der Waals surface area contributed by atoms with Crippen molar-refractivity contribution in [1.29, 1.82) is 0 Å². The van der Waals surface area contributed by atoms with E-state index in [2.05, 4.69) is 16.8 Å².